The number of anilines is 1. The average Bonchev–Trinajstić information content (AvgIpc) is 3.12. The van der Waals surface area contributed by atoms with E-state index < -0.39 is 0 Å². The van der Waals surface area contributed by atoms with Crippen LogP contribution >= 0.6 is 11.3 Å². The highest BCUT2D eigenvalue weighted by atomic mass is 32.1. The van der Waals surface area contributed by atoms with Gasteiger partial charge in [0.25, 0.3) is 0 Å². The van der Waals surface area contributed by atoms with Crippen molar-refractivity contribution >= 4 is 28.3 Å². The number of thiazole rings is 1. The molecule has 1 saturated heterocycles. The molecule has 0 bridgehead atoms. The van der Waals surface area contributed by atoms with Gasteiger partial charge in [-0.15, -0.1) is 11.3 Å². The van der Waals surface area contributed by atoms with E-state index in [1.165, 1.54) is 24.2 Å². The van der Waals surface area contributed by atoms with Crippen LogP contribution in [0.5, 0.6) is 0 Å². The fourth-order valence-corrected chi connectivity index (χ4v) is 4.43. The average molecular weight is 335 g/mol. The van der Waals surface area contributed by atoms with Crippen molar-refractivity contribution in [1.82, 2.24) is 10.3 Å². The van der Waals surface area contributed by atoms with Crippen LogP contribution in [0.4, 0.5) is 5.13 Å². The van der Waals surface area contributed by atoms with Crippen molar-refractivity contribution < 1.29 is 9.59 Å². The number of hydrogen-bond donors (Lipinski definition) is 1. The first kappa shape index (κ1) is 16.4. The van der Waals surface area contributed by atoms with Gasteiger partial charge < -0.3 is 5.32 Å². The molecule has 0 aromatic carbocycles. The molecule has 1 aliphatic carbocycles. The molecule has 3 rings (SSSR count). The van der Waals surface area contributed by atoms with Gasteiger partial charge in [0.1, 0.15) is 0 Å². The van der Waals surface area contributed by atoms with E-state index in [-0.39, 0.29) is 17.9 Å². The van der Waals surface area contributed by atoms with E-state index in [1.54, 1.807) is 4.90 Å². The normalized spacial score (nSPS) is 28.2. The molecule has 2 aliphatic rings. The number of hydrogen-bond acceptors (Lipinski definition) is 4. The zero-order valence-electron chi connectivity index (χ0n) is 13.9. The summed E-state index contributed by atoms with van der Waals surface area (Å²) in [5, 5.41) is 5.81. The van der Waals surface area contributed by atoms with Gasteiger partial charge in [-0.25, -0.2) is 4.98 Å². The fraction of sp³-hybridized carbons (Fsp3) is 0.706. The number of nitrogens with zero attached hydrogens (tertiary/aromatic N) is 2. The van der Waals surface area contributed by atoms with Crippen molar-refractivity contribution in [3.63, 3.8) is 0 Å². The molecule has 2 fully saturated rings. The minimum atomic E-state index is 0.0422. The zero-order valence-corrected chi connectivity index (χ0v) is 14.7. The maximum Gasteiger partial charge on any atom is 0.228 e. The Morgan fingerprint density at radius 2 is 2.22 bits per heavy atom. The number of carbonyl (C=O) groups is 2. The molecule has 1 aliphatic heterocycles. The number of nitrogens with one attached hydrogen (secondary N) is 1. The van der Waals surface area contributed by atoms with Crippen LogP contribution in [-0.4, -0.2) is 29.4 Å². The van der Waals surface area contributed by atoms with Crippen LogP contribution in [-0.2, 0) is 16.0 Å². The van der Waals surface area contributed by atoms with E-state index in [4.69, 9.17) is 0 Å². The van der Waals surface area contributed by atoms with E-state index in [0.717, 1.165) is 30.2 Å². The molecule has 1 aromatic rings. The Kier molecular flexibility index (Phi) is 4.99. The summed E-state index contributed by atoms with van der Waals surface area (Å²) in [6.07, 6.45) is 5.32. The highest BCUT2D eigenvalue weighted by Crippen LogP contribution is 2.30. The summed E-state index contributed by atoms with van der Waals surface area (Å²) < 4.78 is 0. The molecular weight excluding hydrogens is 310 g/mol. The van der Waals surface area contributed by atoms with Crippen LogP contribution in [0.1, 0.15) is 51.6 Å². The number of carbonyl (C=O) groups excluding carboxylic acids is 2. The standard InChI is InChI=1S/C17H25N3O2S/c1-11-5-3-6-14(12(11)2)19-15(21)9-13-10-23-17(18-13)20-8-4-7-16(20)22/h10-12,14H,3-9H2,1-2H3,(H,19,21)/t11-,12-,14+/m1/s1. The Bertz CT molecular complexity index is 586. The maximum absolute atomic E-state index is 12.3. The van der Waals surface area contributed by atoms with Crippen molar-refractivity contribution in [2.24, 2.45) is 11.8 Å². The van der Waals surface area contributed by atoms with Crippen LogP contribution < -0.4 is 10.2 Å². The fourth-order valence-electron chi connectivity index (χ4n) is 3.56. The topological polar surface area (TPSA) is 62.3 Å². The number of rotatable bonds is 4. The molecule has 126 valence electrons. The van der Waals surface area contributed by atoms with E-state index in [2.05, 4.69) is 24.1 Å². The summed E-state index contributed by atoms with van der Waals surface area (Å²) in [7, 11) is 0. The van der Waals surface area contributed by atoms with E-state index in [0.29, 0.717) is 24.7 Å². The summed E-state index contributed by atoms with van der Waals surface area (Å²) in [5.41, 5.74) is 0.763. The molecule has 1 saturated carbocycles. The molecule has 3 atom stereocenters. The Morgan fingerprint density at radius 3 is 2.96 bits per heavy atom. The van der Waals surface area contributed by atoms with Gasteiger partial charge in [-0.05, 0) is 24.7 Å². The van der Waals surface area contributed by atoms with Crippen LogP contribution in [0.3, 0.4) is 0 Å². The monoisotopic (exact) mass is 335 g/mol. The number of aromatic nitrogens is 1. The van der Waals surface area contributed by atoms with E-state index in [1.807, 2.05) is 5.38 Å². The summed E-state index contributed by atoms with van der Waals surface area (Å²) in [6.45, 7) is 5.24. The highest BCUT2D eigenvalue weighted by molar-refractivity contribution is 7.14. The Hall–Kier alpha value is -1.43. The first-order chi connectivity index (χ1) is 11.0. The van der Waals surface area contributed by atoms with Crippen molar-refractivity contribution in [3.8, 4) is 0 Å². The van der Waals surface area contributed by atoms with E-state index >= 15 is 0 Å². The molecule has 0 unspecified atom stereocenters. The van der Waals surface area contributed by atoms with Gasteiger partial charge in [-0.1, -0.05) is 26.7 Å². The molecular formula is C17H25N3O2S. The van der Waals surface area contributed by atoms with Crippen molar-refractivity contribution in [2.75, 3.05) is 11.4 Å². The van der Waals surface area contributed by atoms with Crippen LogP contribution in [0.15, 0.2) is 5.38 Å². The molecule has 1 aromatic heterocycles. The molecule has 5 nitrogen and oxygen atoms in total. The Balaban J connectivity index is 1.56. The Morgan fingerprint density at radius 1 is 1.39 bits per heavy atom. The summed E-state index contributed by atoms with van der Waals surface area (Å²) in [5.74, 6) is 1.38. The highest BCUT2D eigenvalue weighted by Gasteiger charge is 2.28. The lowest BCUT2D eigenvalue weighted by Crippen LogP contribution is -2.44. The maximum atomic E-state index is 12.3. The quantitative estimate of drug-likeness (QED) is 0.920. The molecule has 1 N–H and O–H groups in total. The third kappa shape index (κ3) is 3.74. The lowest BCUT2D eigenvalue weighted by Gasteiger charge is -2.34. The predicted octanol–water partition coefficient (Wildman–Crippen LogP) is 2.75. The third-order valence-electron chi connectivity index (χ3n) is 5.24. The van der Waals surface area contributed by atoms with Crippen LogP contribution in [0.2, 0.25) is 0 Å². The first-order valence-corrected chi connectivity index (χ1v) is 9.46. The second-order valence-electron chi connectivity index (χ2n) is 6.89. The SMILES string of the molecule is C[C@@H]1[C@H](C)CCC[C@@H]1NC(=O)Cc1csc(N2CCCC2=O)n1. The minimum absolute atomic E-state index is 0.0422. The number of amides is 2. The molecule has 0 spiro atoms. The lowest BCUT2D eigenvalue weighted by atomic mass is 9.78. The largest absolute Gasteiger partial charge is 0.353 e. The minimum Gasteiger partial charge on any atom is -0.353 e. The van der Waals surface area contributed by atoms with Crippen molar-refractivity contribution in [3.05, 3.63) is 11.1 Å². The molecule has 0 radical (unpaired) electrons. The second-order valence-corrected chi connectivity index (χ2v) is 7.72. The van der Waals surface area contributed by atoms with Gasteiger partial charge in [-0.3, -0.25) is 14.5 Å². The third-order valence-corrected chi connectivity index (χ3v) is 6.15. The lowest BCUT2D eigenvalue weighted by molar-refractivity contribution is -0.122. The smallest absolute Gasteiger partial charge is 0.228 e. The Labute approximate surface area is 141 Å². The van der Waals surface area contributed by atoms with E-state index in [9.17, 15) is 9.59 Å². The summed E-state index contributed by atoms with van der Waals surface area (Å²) in [4.78, 5) is 30.3. The molecule has 2 amide bonds. The van der Waals surface area contributed by atoms with Crippen LogP contribution in [0.25, 0.3) is 0 Å². The first-order valence-electron chi connectivity index (χ1n) is 8.58. The molecule has 6 heteroatoms. The van der Waals surface area contributed by atoms with Gasteiger partial charge in [-0.2, -0.15) is 0 Å². The van der Waals surface area contributed by atoms with Gasteiger partial charge >= 0.3 is 0 Å². The van der Waals surface area contributed by atoms with Crippen LogP contribution in [0, 0.1) is 11.8 Å². The van der Waals surface area contributed by atoms with Crippen molar-refractivity contribution in [2.45, 2.75) is 58.4 Å². The van der Waals surface area contributed by atoms with Gasteiger partial charge in [0, 0.05) is 24.4 Å². The van der Waals surface area contributed by atoms with Gasteiger partial charge in [0.15, 0.2) is 5.13 Å². The zero-order chi connectivity index (χ0) is 16.4. The second kappa shape index (κ2) is 6.99. The molecule has 23 heavy (non-hydrogen) atoms. The van der Waals surface area contributed by atoms with Gasteiger partial charge in [0.05, 0.1) is 12.1 Å². The summed E-state index contributed by atoms with van der Waals surface area (Å²) >= 11 is 1.45. The molecule has 2 heterocycles. The van der Waals surface area contributed by atoms with Gasteiger partial charge in [0.2, 0.25) is 11.8 Å². The predicted molar refractivity (Wildman–Crippen MR) is 91.5 cm³/mol. The van der Waals surface area contributed by atoms with Crippen molar-refractivity contribution in [1.29, 1.82) is 0 Å². The summed E-state index contributed by atoms with van der Waals surface area (Å²) in [6, 6.07) is 0.282.